The monoisotopic (exact) mass is 612 g/mol. The van der Waals surface area contributed by atoms with Crippen molar-refractivity contribution in [3.05, 3.63) is 95.9 Å². The molecule has 0 saturated heterocycles. The summed E-state index contributed by atoms with van der Waals surface area (Å²) in [5.74, 6) is -0.121. The van der Waals surface area contributed by atoms with Crippen LogP contribution in [-0.2, 0) is 22.0 Å². The van der Waals surface area contributed by atoms with Gasteiger partial charge >= 0.3 is 6.18 Å². The minimum Gasteiger partial charge on any atom is -0.423 e. The Bertz CT molecular complexity index is 1490. The molecule has 0 fully saturated rings. The van der Waals surface area contributed by atoms with E-state index < -0.39 is 26.0 Å². The van der Waals surface area contributed by atoms with E-state index in [0.717, 1.165) is 17.7 Å². The molecular weight excluding hydrogens is 577 g/mol. The van der Waals surface area contributed by atoms with Crippen molar-refractivity contribution in [2.75, 3.05) is 18.5 Å². The van der Waals surface area contributed by atoms with E-state index in [-0.39, 0.29) is 29.9 Å². The number of carbonyl (C=O) groups excluding carboxylic acids is 1. The first-order chi connectivity index (χ1) is 20.2. The zero-order valence-corrected chi connectivity index (χ0v) is 25.7. The first kappa shape index (κ1) is 31.9. The third-order valence-corrected chi connectivity index (χ3v) is 11.8. The second-order valence-corrected chi connectivity index (χ2v) is 16.2. The van der Waals surface area contributed by atoms with Gasteiger partial charge in [-0.1, -0.05) is 63.2 Å². The molecule has 0 aliphatic heterocycles. The average Bonchev–Trinajstić information content (AvgIpc) is 3.43. The van der Waals surface area contributed by atoms with Gasteiger partial charge in [-0.05, 0) is 48.0 Å². The van der Waals surface area contributed by atoms with Gasteiger partial charge in [-0.25, -0.2) is 15.0 Å². The number of hydroxylamine groups is 2. The molecule has 0 unspecified atom stereocenters. The molecular formula is C31H35F3N4O4Si. The number of nitrogens with one attached hydrogen (secondary N) is 1. The van der Waals surface area contributed by atoms with Crippen LogP contribution in [0.2, 0.25) is 18.1 Å². The molecule has 4 rings (SSSR count). The van der Waals surface area contributed by atoms with E-state index in [2.05, 4.69) is 49.1 Å². The van der Waals surface area contributed by atoms with Gasteiger partial charge in [0, 0.05) is 5.56 Å². The lowest BCUT2D eigenvalue weighted by Gasteiger charge is -2.36. The van der Waals surface area contributed by atoms with E-state index in [1.54, 1.807) is 12.1 Å². The third-order valence-electron chi connectivity index (χ3n) is 7.26. The first-order valence-corrected chi connectivity index (χ1v) is 16.6. The van der Waals surface area contributed by atoms with Crippen LogP contribution < -0.4 is 5.32 Å². The predicted molar refractivity (Wildman–Crippen MR) is 160 cm³/mol. The topological polar surface area (TPSA) is 89.7 Å². The van der Waals surface area contributed by atoms with Gasteiger partial charge in [-0.15, -0.1) is 0 Å². The summed E-state index contributed by atoms with van der Waals surface area (Å²) in [5.41, 5.74) is 1.28. The number of carbonyl (C=O) groups is 1. The molecule has 1 amide bonds. The van der Waals surface area contributed by atoms with Gasteiger partial charge < -0.3 is 14.2 Å². The number of rotatable bonds is 11. The number of halogens is 3. The number of hydrogen-bond donors (Lipinski definition) is 1. The molecule has 0 saturated carbocycles. The molecule has 228 valence electrons. The zero-order chi connectivity index (χ0) is 31.3. The molecule has 0 spiro atoms. The summed E-state index contributed by atoms with van der Waals surface area (Å²) in [6.45, 7) is 11.5. The summed E-state index contributed by atoms with van der Waals surface area (Å²) < 4.78 is 50.5. The summed E-state index contributed by atoms with van der Waals surface area (Å²) in [7, 11) is -2.02. The number of benzene rings is 2. The molecule has 4 aromatic rings. The second-order valence-electron chi connectivity index (χ2n) is 11.4. The lowest BCUT2D eigenvalue weighted by atomic mass is 10.1. The highest BCUT2D eigenvalue weighted by Crippen LogP contribution is 2.36. The van der Waals surface area contributed by atoms with Gasteiger partial charge in [0.25, 0.3) is 11.9 Å². The molecule has 2 aromatic carbocycles. The summed E-state index contributed by atoms with van der Waals surface area (Å²) in [5, 5.41) is 4.25. The predicted octanol–water partition coefficient (Wildman–Crippen LogP) is 8.09. The smallest absolute Gasteiger partial charge is 0.416 e. The molecule has 0 atom stereocenters. The Morgan fingerprint density at radius 1 is 0.953 bits per heavy atom. The zero-order valence-electron chi connectivity index (χ0n) is 24.7. The van der Waals surface area contributed by atoms with Crippen LogP contribution >= 0.6 is 0 Å². The van der Waals surface area contributed by atoms with Crippen molar-refractivity contribution >= 4 is 25.9 Å². The fraction of sp³-hybridized carbons (Fsp3) is 0.323. The normalized spacial score (nSPS) is 12.3. The molecule has 43 heavy (non-hydrogen) atoms. The molecule has 2 heterocycles. The number of amides is 1. The van der Waals surface area contributed by atoms with Crippen LogP contribution in [0.4, 0.5) is 24.9 Å². The molecule has 2 aromatic heterocycles. The van der Waals surface area contributed by atoms with E-state index in [1.165, 1.54) is 29.6 Å². The van der Waals surface area contributed by atoms with Gasteiger partial charge in [0.1, 0.15) is 12.3 Å². The van der Waals surface area contributed by atoms with Crippen LogP contribution in [-0.4, -0.2) is 42.4 Å². The summed E-state index contributed by atoms with van der Waals surface area (Å²) >= 11 is 0. The molecule has 0 bridgehead atoms. The number of oxazole rings is 1. The number of nitrogens with zero attached hydrogens (tertiary/aromatic N) is 3. The quantitative estimate of drug-likeness (QED) is 0.135. The standard InChI is InChI=1S/C31H35F3N4O4Si/c1-30(2,3)43(4,5)41-18-17-38(40-21-22-9-7-6-8-10-22)28(39)26-16-15-25(19-35-26)37-29-36-20-27(42-29)23-11-13-24(14-12-23)31(32,33)34/h6-16,19-20H,17-18,21H2,1-5H3,(H,36,37). The lowest BCUT2D eigenvalue weighted by molar-refractivity contribution is -0.137. The van der Waals surface area contributed by atoms with Gasteiger partial charge in [0.15, 0.2) is 14.1 Å². The summed E-state index contributed by atoms with van der Waals surface area (Å²) in [6.07, 6.45) is -1.56. The van der Waals surface area contributed by atoms with Crippen molar-refractivity contribution in [2.24, 2.45) is 0 Å². The molecule has 0 radical (unpaired) electrons. The van der Waals surface area contributed by atoms with E-state index in [1.807, 2.05) is 30.3 Å². The van der Waals surface area contributed by atoms with E-state index in [4.69, 9.17) is 13.7 Å². The van der Waals surface area contributed by atoms with Crippen molar-refractivity contribution in [1.29, 1.82) is 0 Å². The maximum absolute atomic E-state index is 13.4. The minimum absolute atomic E-state index is 0.0263. The van der Waals surface area contributed by atoms with Gasteiger partial charge in [-0.3, -0.25) is 9.63 Å². The van der Waals surface area contributed by atoms with Crippen LogP contribution in [0, 0.1) is 0 Å². The number of pyridine rings is 1. The molecule has 0 aliphatic carbocycles. The Morgan fingerprint density at radius 3 is 2.26 bits per heavy atom. The maximum Gasteiger partial charge on any atom is 0.416 e. The van der Waals surface area contributed by atoms with Crippen molar-refractivity contribution < 1.29 is 31.6 Å². The highest BCUT2D eigenvalue weighted by Gasteiger charge is 2.37. The SMILES string of the molecule is CC(C)(C)[Si](C)(C)OCCN(OCc1ccccc1)C(=O)c1ccc(Nc2ncc(-c3ccc(C(F)(F)F)cc3)o2)cn1. The highest BCUT2D eigenvalue weighted by atomic mass is 28.4. The van der Waals surface area contributed by atoms with E-state index in [0.29, 0.717) is 23.6 Å². The third kappa shape index (κ3) is 8.52. The van der Waals surface area contributed by atoms with Crippen LogP contribution in [0.1, 0.15) is 42.4 Å². The molecule has 1 N–H and O–H groups in total. The van der Waals surface area contributed by atoms with E-state index in [9.17, 15) is 18.0 Å². The molecule has 12 heteroatoms. The Kier molecular flexibility index (Phi) is 9.73. The number of hydrogen-bond acceptors (Lipinski definition) is 7. The highest BCUT2D eigenvalue weighted by molar-refractivity contribution is 6.74. The Hall–Kier alpha value is -4.00. The Morgan fingerprint density at radius 2 is 1.65 bits per heavy atom. The van der Waals surface area contributed by atoms with Crippen LogP contribution in [0.25, 0.3) is 11.3 Å². The van der Waals surface area contributed by atoms with Crippen LogP contribution in [0.3, 0.4) is 0 Å². The number of alkyl halides is 3. The van der Waals surface area contributed by atoms with Crippen molar-refractivity contribution in [3.8, 4) is 11.3 Å². The largest absolute Gasteiger partial charge is 0.423 e. The van der Waals surface area contributed by atoms with Crippen molar-refractivity contribution in [3.63, 3.8) is 0 Å². The van der Waals surface area contributed by atoms with Gasteiger partial charge in [-0.2, -0.15) is 13.2 Å². The van der Waals surface area contributed by atoms with Crippen LogP contribution in [0.15, 0.2) is 83.5 Å². The average molecular weight is 613 g/mol. The fourth-order valence-electron chi connectivity index (χ4n) is 3.69. The lowest BCUT2D eigenvalue weighted by Crippen LogP contribution is -2.43. The number of aromatic nitrogens is 2. The Labute approximate surface area is 250 Å². The summed E-state index contributed by atoms with van der Waals surface area (Å²) in [6, 6.07) is 17.5. The second kappa shape index (κ2) is 13.1. The van der Waals surface area contributed by atoms with E-state index >= 15 is 0 Å². The minimum atomic E-state index is -4.42. The molecule has 8 nitrogen and oxygen atoms in total. The Balaban J connectivity index is 1.41. The van der Waals surface area contributed by atoms with Gasteiger partial charge in [0.2, 0.25) is 0 Å². The van der Waals surface area contributed by atoms with Crippen LogP contribution in [0.5, 0.6) is 0 Å². The van der Waals surface area contributed by atoms with Crippen molar-refractivity contribution in [1.82, 2.24) is 15.0 Å². The molecule has 0 aliphatic rings. The summed E-state index contributed by atoms with van der Waals surface area (Å²) in [4.78, 5) is 27.8. The van der Waals surface area contributed by atoms with Gasteiger partial charge in [0.05, 0.1) is 36.8 Å². The first-order valence-electron chi connectivity index (χ1n) is 13.7. The fourth-order valence-corrected chi connectivity index (χ4v) is 4.72. The maximum atomic E-state index is 13.4. The van der Waals surface area contributed by atoms with Crippen molar-refractivity contribution in [2.45, 2.75) is 51.7 Å². The number of anilines is 2.